The van der Waals surface area contributed by atoms with Gasteiger partial charge in [0.1, 0.15) is 0 Å². The Balaban J connectivity index is 2.67. The Labute approximate surface area is 108 Å². The summed E-state index contributed by atoms with van der Waals surface area (Å²) in [6.07, 6.45) is 5.18. The molecule has 1 N–H and O–H groups in total. The Morgan fingerprint density at radius 3 is 2.47 bits per heavy atom. The van der Waals surface area contributed by atoms with Crippen LogP contribution in [-0.2, 0) is 0 Å². The monoisotopic (exact) mass is 240 g/mol. The van der Waals surface area contributed by atoms with Crippen LogP contribution in [0.15, 0.2) is 0 Å². The highest BCUT2D eigenvalue weighted by Gasteiger charge is 2.32. The van der Waals surface area contributed by atoms with E-state index in [2.05, 4.69) is 44.8 Å². The Morgan fingerprint density at radius 2 is 1.94 bits per heavy atom. The van der Waals surface area contributed by atoms with Crippen LogP contribution in [-0.4, -0.2) is 36.1 Å². The van der Waals surface area contributed by atoms with Crippen molar-refractivity contribution >= 4 is 0 Å². The number of rotatable bonds is 6. The van der Waals surface area contributed by atoms with E-state index in [0.29, 0.717) is 6.04 Å². The van der Waals surface area contributed by atoms with Crippen LogP contribution in [0.3, 0.4) is 0 Å². The van der Waals surface area contributed by atoms with Gasteiger partial charge >= 0.3 is 0 Å². The highest BCUT2D eigenvalue weighted by Crippen LogP contribution is 2.23. The van der Waals surface area contributed by atoms with Gasteiger partial charge in [0, 0.05) is 31.2 Å². The van der Waals surface area contributed by atoms with Gasteiger partial charge in [-0.1, -0.05) is 40.5 Å². The van der Waals surface area contributed by atoms with Crippen molar-refractivity contribution < 1.29 is 0 Å². The largest absolute Gasteiger partial charge is 0.311 e. The zero-order valence-corrected chi connectivity index (χ0v) is 12.5. The first-order valence-electron chi connectivity index (χ1n) is 7.63. The number of piperazine rings is 1. The number of hydrogen-bond donors (Lipinski definition) is 1. The van der Waals surface area contributed by atoms with E-state index in [1.54, 1.807) is 0 Å². The van der Waals surface area contributed by atoms with Crippen molar-refractivity contribution in [3.8, 4) is 0 Å². The highest BCUT2D eigenvalue weighted by atomic mass is 15.3. The molecule has 1 aliphatic heterocycles. The molecule has 0 saturated carbocycles. The molecule has 0 spiro atoms. The smallest absolute Gasteiger partial charge is 0.0249 e. The number of nitrogens with one attached hydrogen (secondary N) is 1. The van der Waals surface area contributed by atoms with Gasteiger partial charge in [-0.15, -0.1) is 0 Å². The lowest BCUT2D eigenvalue weighted by Crippen LogP contribution is -2.60. The molecule has 2 heteroatoms. The van der Waals surface area contributed by atoms with Crippen molar-refractivity contribution in [1.82, 2.24) is 10.2 Å². The fourth-order valence-corrected chi connectivity index (χ4v) is 3.02. The van der Waals surface area contributed by atoms with Gasteiger partial charge in [0.15, 0.2) is 0 Å². The minimum Gasteiger partial charge on any atom is -0.311 e. The van der Waals surface area contributed by atoms with Gasteiger partial charge in [0.05, 0.1) is 0 Å². The Kier molecular flexibility index (Phi) is 6.50. The Morgan fingerprint density at radius 1 is 1.24 bits per heavy atom. The predicted molar refractivity (Wildman–Crippen MR) is 76.4 cm³/mol. The summed E-state index contributed by atoms with van der Waals surface area (Å²) in [6, 6.07) is 2.19. The molecule has 0 bridgehead atoms. The van der Waals surface area contributed by atoms with E-state index >= 15 is 0 Å². The standard InChI is InChI=1S/C15H32N2/c1-6-9-13(5)17-11-14(8-3)16-10-15(17)12(4)7-2/h12-16H,6-11H2,1-5H3. The van der Waals surface area contributed by atoms with Crippen molar-refractivity contribution in [2.75, 3.05) is 13.1 Å². The molecular weight excluding hydrogens is 208 g/mol. The van der Waals surface area contributed by atoms with Crippen molar-refractivity contribution in [2.45, 2.75) is 78.4 Å². The summed E-state index contributed by atoms with van der Waals surface area (Å²) in [4.78, 5) is 2.78. The second-order valence-electron chi connectivity index (χ2n) is 5.80. The number of hydrogen-bond acceptors (Lipinski definition) is 2. The molecule has 0 aromatic heterocycles. The summed E-state index contributed by atoms with van der Waals surface area (Å²) in [5.41, 5.74) is 0. The summed E-state index contributed by atoms with van der Waals surface area (Å²) in [5, 5.41) is 3.72. The van der Waals surface area contributed by atoms with Gasteiger partial charge in [-0.3, -0.25) is 4.90 Å². The van der Waals surface area contributed by atoms with Crippen LogP contribution < -0.4 is 5.32 Å². The van der Waals surface area contributed by atoms with Crippen molar-refractivity contribution in [1.29, 1.82) is 0 Å². The molecule has 0 aromatic carbocycles. The minimum absolute atomic E-state index is 0.703. The summed E-state index contributed by atoms with van der Waals surface area (Å²) in [5.74, 6) is 0.805. The van der Waals surface area contributed by atoms with Gasteiger partial charge in [-0.2, -0.15) is 0 Å². The average Bonchev–Trinajstić information content (AvgIpc) is 2.37. The van der Waals surface area contributed by atoms with E-state index in [-0.39, 0.29) is 0 Å². The van der Waals surface area contributed by atoms with E-state index < -0.39 is 0 Å². The molecule has 0 radical (unpaired) electrons. The van der Waals surface area contributed by atoms with Gasteiger partial charge in [-0.05, 0) is 25.7 Å². The SMILES string of the molecule is CCCC(C)N1CC(CC)NCC1C(C)CC. The lowest BCUT2D eigenvalue weighted by atomic mass is 9.92. The summed E-state index contributed by atoms with van der Waals surface area (Å²) in [7, 11) is 0. The molecular formula is C15H32N2. The van der Waals surface area contributed by atoms with Crippen LogP contribution in [0.5, 0.6) is 0 Å². The van der Waals surface area contributed by atoms with Crippen LogP contribution >= 0.6 is 0 Å². The average molecular weight is 240 g/mol. The van der Waals surface area contributed by atoms with E-state index in [1.807, 2.05) is 0 Å². The quantitative estimate of drug-likeness (QED) is 0.766. The second kappa shape index (κ2) is 7.38. The van der Waals surface area contributed by atoms with E-state index in [4.69, 9.17) is 0 Å². The minimum atomic E-state index is 0.703. The number of nitrogens with zero attached hydrogens (tertiary/aromatic N) is 1. The molecule has 0 aromatic rings. The molecule has 1 heterocycles. The normalized spacial score (nSPS) is 30.2. The third-order valence-electron chi connectivity index (χ3n) is 4.54. The zero-order chi connectivity index (χ0) is 12.8. The maximum Gasteiger partial charge on any atom is 0.0249 e. The lowest BCUT2D eigenvalue weighted by molar-refractivity contribution is 0.0522. The molecule has 1 aliphatic rings. The van der Waals surface area contributed by atoms with Crippen molar-refractivity contribution in [2.24, 2.45) is 5.92 Å². The Hall–Kier alpha value is -0.0800. The first-order chi connectivity index (χ1) is 8.13. The van der Waals surface area contributed by atoms with Crippen molar-refractivity contribution in [3.63, 3.8) is 0 Å². The zero-order valence-electron chi connectivity index (χ0n) is 12.5. The molecule has 1 saturated heterocycles. The molecule has 102 valence electrons. The van der Waals surface area contributed by atoms with Crippen LogP contribution in [0.1, 0.15) is 60.3 Å². The van der Waals surface area contributed by atoms with Crippen LogP contribution in [0.4, 0.5) is 0 Å². The van der Waals surface area contributed by atoms with E-state index in [1.165, 1.54) is 38.8 Å². The van der Waals surface area contributed by atoms with E-state index in [9.17, 15) is 0 Å². The maximum atomic E-state index is 3.72. The maximum absolute atomic E-state index is 3.72. The molecule has 0 aliphatic carbocycles. The first kappa shape index (κ1) is 15.0. The molecule has 2 nitrogen and oxygen atoms in total. The Bertz CT molecular complexity index is 205. The van der Waals surface area contributed by atoms with Crippen molar-refractivity contribution in [3.05, 3.63) is 0 Å². The molecule has 4 atom stereocenters. The van der Waals surface area contributed by atoms with Crippen LogP contribution in [0.2, 0.25) is 0 Å². The first-order valence-corrected chi connectivity index (χ1v) is 7.63. The molecule has 1 fully saturated rings. The summed E-state index contributed by atoms with van der Waals surface area (Å²) >= 11 is 0. The lowest BCUT2D eigenvalue weighted by Gasteiger charge is -2.46. The fourth-order valence-electron chi connectivity index (χ4n) is 3.02. The van der Waals surface area contributed by atoms with Crippen LogP contribution in [0.25, 0.3) is 0 Å². The third-order valence-corrected chi connectivity index (χ3v) is 4.54. The van der Waals surface area contributed by atoms with Gasteiger partial charge in [-0.25, -0.2) is 0 Å². The third kappa shape index (κ3) is 3.96. The van der Waals surface area contributed by atoms with Crippen LogP contribution in [0, 0.1) is 5.92 Å². The van der Waals surface area contributed by atoms with Gasteiger partial charge in [0.25, 0.3) is 0 Å². The molecule has 0 amide bonds. The predicted octanol–water partition coefficient (Wildman–Crippen LogP) is 3.27. The van der Waals surface area contributed by atoms with E-state index in [0.717, 1.165) is 18.0 Å². The van der Waals surface area contributed by atoms with Gasteiger partial charge in [0.2, 0.25) is 0 Å². The molecule has 1 rings (SSSR count). The second-order valence-corrected chi connectivity index (χ2v) is 5.80. The molecule has 4 unspecified atom stereocenters. The topological polar surface area (TPSA) is 15.3 Å². The summed E-state index contributed by atoms with van der Waals surface area (Å²) in [6.45, 7) is 14.2. The fraction of sp³-hybridized carbons (Fsp3) is 1.00. The molecule has 17 heavy (non-hydrogen) atoms. The highest BCUT2D eigenvalue weighted by molar-refractivity contribution is 4.90. The summed E-state index contributed by atoms with van der Waals surface area (Å²) < 4.78 is 0. The van der Waals surface area contributed by atoms with Gasteiger partial charge < -0.3 is 5.32 Å².